The van der Waals surface area contributed by atoms with E-state index in [1.54, 1.807) is 6.92 Å². The van der Waals surface area contributed by atoms with Gasteiger partial charge in [0.2, 0.25) is 0 Å². The molecule has 0 aromatic heterocycles. The monoisotopic (exact) mass is 175 g/mol. The SMILES string of the molecule is CC(=O)C1(c2ccc(N)cc2)CC1. The van der Waals surface area contributed by atoms with Crippen molar-refractivity contribution in [1.82, 2.24) is 0 Å². The molecule has 0 bridgehead atoms. The summed E-state index contributed by atoms with van der Waals surface area (Å²) in [5.74, 6) is 0.275. The topological polar surface area (TPSA) is 43.1 Å². The van der Waals surface area contributed by atoms with Gasteiger partial charge in [0.25, 0.3) is 0 Å². The van der Waals surface area contributed by atoms with Crippen molar-refractivity contribution in [2.75, 3.05) is 5.73 Å². The first-order valence-electron chi connectivity index (χ1n) is 4.52. The summed E-state index contributed by atoms with van der Waals surface area (Å²) in [6.07, 6.45) is 1.98. The van der Waals surface area contributed by atoms with Gasteiger partial charge >= 0.3 is 0 Å². The van der Waals surface area contributed by atoms with E-state index in [0.29, 0.717) is 0 Å². The number of benzene rings is 1. The van der Waals surface area contributed by atoms with Crippen molar-refractivity contribution in [2.45, 2.75) is 25.2 Å². The van der Waals surface area contributed by atoms with Gasteiger partial charge in [0, 0.05) is 5.69 Å². The predicted octanol–water partition coefficient (Wildman–Crippen LogP) is 1.89. The first-order chi connectivity index (χ1) is 6.15. The number of hydrogen-bond acceptors (Lipinski definition) is 2. The van der Waals surface area contributed by atoms with E-state index < -0.39 is 0 Å². The van der Waals surface area contributed by atoms with Gasteiger partial charge in [-0.2, -0.15) is 0 Å². The molecular weight excluding hydrogens is 162 g/mol. The molecule has 0 aliphatic heterocycles. The maximum atomic E-state index is 11.4. The van der Waals surface area contributed by atoms with Crippen molar-refractivity contribution >= 4 is 11.5 Å². The number of nitrogen functional groups attached to an aromatic ring is 1. The van der Waals surface area contributed by atoms with Gasteiger partial charge < -0.3 is 5.73 Å². The third kappa shape index (κ3) is 1.22. The van der Waals surface area contributed by atoms with Crippen LogP contribution in [0.4, 0.5) is 5.69 Å². The Kier molecular flexibility index (Phi) is 1.65. The van der Waals surface area contributed by atoms with Gasteiger partial charge in [-0.15, -0.1) is 0 Å². The highest BCUT2D eigenvalue weighted by molar-refractivity contribution is 5.91. The quantitative estimate of drug-likeness (QED) is 0.697. The Morgan fingerprint density at radius 2 is 1.85 bits per heavy atom. The molecular formula is C11H13NO. The lowest BCUT2D eigenvalue weighted by atomic mass is 9.92. The van der Waals surface area contributed by atoms with Crippen molar-refractivity contribution < 1.29 is 4.79 Å². The fourth-order valence-corrected chi connectivity index (χ4v) is 1.77. The van der Waals surface area contributed by atoms with Crippen molar-refractivity contribution in [2.24, 2.45) is 0 Å². The van der Waals surface area contributed by atoms with Crippen LogP contribution in [-0.2, 0) is 10.2 Å². The van der Waals surface area contributed by atoms with E-state index in [1.807, 2.05) is 24.3 Å². The van der Waals surface area contributed by atoms with Gasteiger partial charge in [0.15, 0.2) is 0 Å². The van der Waals surface area contributed by atoms with E-state index in [2.05, 4.69) is 0 Å². The van der Waals surface area contributed by atoms with Gasteiger partial charge in [0.1, 0.15) is 5.78 Å². The first-order valence-corrected chi connectivity index (χ1v) is 4.52. The third-order valence-electron chi connectivity index (χ3n) is 2.89. The van der Waals surface area contributed by atoms with Gasteiger partial charge in [-0.1, -0.05) is 12.1 Å². The lowest BCUT2D eigenvalue weighted by Gasteiger charge is -2.11. The van der Waals surface area contributed by atoms with E-state index in [9.17, 15) is 4.79 Å². The number of rotatable bonds is 2. The van der Waals surface area contributed by atoms with Crippen LogP contribution in [-0.4, -0.2) is 5.78 Å². The zero-order valence-corrected chi connectivity index (χ0v) is 7.71. The summed E-state index contributed by atoms with van der Waals surface area (Å²) in [7, 11) is 0. The average Bonchev–Trinajstić information content (AvgIpc) is 2.86. The molecule has 2 rings (SSSR count). The Hall–Kier alpha value is -1.31. The minimum atomic E-state index is -0.159. The van der Waals surface area contributed by atoms with Crippen LogP contribution in [0, 0.1) is 0 Å². The van der Waals surface area contributed by atoms with Gasteiger partial charge in [-0.3, -0.25) is 4.79 Å². The van der Waals surface area contributed by atoms with Crippen LogP contribution in [0.5, 0.6) is 0 Å². The minimum Gasteiger partial charge on any atom is -0.399 e. The molecule has 68 valence electrons. The first kappa shape index (κ1) is 8.30. The highest BCUT2D eigenvalue weighted by Gasteiger charge is 2.48. The Balaban J connectivity index is 2.36. The highest BCUT2D eigenvalue weighted by atomic mass is 16.1. The predicted molar refractivity (Wildman–Crippen MR) is 52.4 cm³/mol. The van der Waals surface area contributed by atoms with Gasteiger partial charge in [0.05, 0.1) is 5.41 Å². The number of hydrogen-bond donors (Lipinski definition) is 1. The lowest BCUT2D eigenvalue weighted by molar-refractivity contribution is -0.119. The Morgan fingerprint density at radius 1 is 1.31 bits per heavy atom. The lowest BCUT2D eigenvalue weighted by Crippen LogP contribution is -2.16. The fourth-order valence-electron chi connectivity index (χ4n) is 1.77. The van der Waals surface area contributed by atoms with Crippen LogP contribution in [0.3, 0.4) is 0 Å². The standard InChI is InChI=1S/C11H13NO/c1-8(13)11(6-7-11)9-2-4-10(12)5-3-9/h2-5H,6-7,12H2,1H3. The van der Waals surface area contributed by atoms with Crippen LogP contribution >= 0.6 is 0 Å². The summed E-state index contributed by atoms with van der Waals surface area (Å²) in [5, 5.41) is 0. The summed E-state index contributed by atoms with van der Waals surface area (Å²) in [6, 6.07) is 7.64. The Labute approximate surface area is 77.8 Å². The largest absolute Gasteiger partial charge is 0.399 e. The molecule has 0 atom stereocenters. The maximum absolute atomic E-state index is 11.4. The number of Topliss-reactive ketones (excluding diaryl/α,β-unsaturated/α-hetero) is 1. The third-order valence-corrected chi connectivity index (χ3v) is 2.89. The van der Waals surface area contributed by atoms with E-state index in [-0.39, 0.29) is 11.2 Å². The molecule has 0 unspecified atom stereocenters. The molecule has 2 heteroatoms. The van der Waals surface area contributed by atoms with E-state index in [4.69, 9.17) is 5.73 Å². The summed E-state index contributed by atoms with van der Waals surface area (Å²) >= 11 is 0. The van der Waals surface area contributed by atoms with Crippen molar-refractivity contribution in [1.29, 1.82) is 0 Å². The van der Waals surface area contributed by atoms with E-state index in [1.165, 1.54) is 0 Å². The zero-order valence-electron chi connectivity index (χ0n) is 7.71. The summed E-state index contributed by atoms with van der Waals surface area (Å²) in [6.45, 7) is 1.67. The molecule has 1 saturated carbocycles. The average molecular weight is 175 g/mol. The van der Waals surface area contributed by atoms with Gasteiger partial charge in [-0.25, -0.2) is 0 Å². The fraction of sp³-hybridized carbons (Fsp3) is 0.364. The van der Waals surface area contributed by atoms with Crippen molar-refractivity contribution in [3.63, 3.8) is 0 Å². The molecule has 0 spiro atoms. The molecule has 1 fully saturated rings. The van der Waals surface area contributed by atoms with E-state index >= 15 is 0 Å². The molecule has 13 heavy (non-hydrogen) atoms. The molecule has 0 radical (unpaired) electrons. The summed E-state index contributed by atoms with van der Waals surface area (Å²) in [4.78, 5) is 11.4. The number of carbonyl (C=O) groups excluding carboxylic acids is 1. The molecule has 2 N–H and O–H groups in total. The normalized spacial score (nSPS) is 18.2. The number of ketones is 1. The second kappa shape index (κ2) is 2.59. The summed E-state index contributed by atoms with van der Waals surface area (Å²) < 4.78 is 0. The minimum absolute atomic E-state index is 0.159. The zero-order chi connectivity index (χ0) is 9.47. The number of anilines is 1. The van der Waals surface area contributed by atoms with Crippen LogP contribution in [0.25, 0.3) is 0 Å². The molecule has 1 aliphatic rings. The molecule has 1 aliphatic carbocycles. The molecule has 0 saturated heterocycles. The molecule has 0 amide bonds. The van der Waals surface area contributed by atoms with Crippen molar-refractivity contribution in [3.05, 3.63) is 29.8 Å². The molecule has 2 nitrogen and oxygen atoms in total. The Morgan fingerprint density at radius 3 is 2.23 bits per heavy atom. The van der Waals surface area contributed by atoms with Crippen LogP contribution < -0.4 is 5.73 Å². The number of nitrogens with two attached hydrogens (primary N) is 1. The summed E-state index contributed by atoms with van der Waals surface area (Å²) in [5.41, 5.74) is 7.30. The van der Waals surface area contributed by atoms with Gasteiger partial charge in [-0.05, 0) is 37.5 Å². The molecule has 1 aromatic carbocycles. The smallest absolute Gasteiger partial charge is 0.140 e. The van der Waals surface area contributed by atoms with E-state index in [0.717, 1.165) is 24.1 Å². The van der Waals surface area contributed by atoms with Crippen LogP contribution in [0.2, 0.25) is 0 Å². The molecule has 1 aromatic rings. The van der Waals surface area contributed by atoms with Crippen LogP contribution in [0.15, 0.2) is 24.3 Å². The Bertz CT molecular complexity index is 336. The second-order valence-corrected chi connectivity index (χ2v) is 3.76. The van der Waals surface area contributed by atoms with Crippen molar-refractivity contribution in [3.8, 4) is 0 Å². The maximum Gasteiger partial charge on any atom is 0.140 e. The highest BCUT2D eigenvalue weighted by Crippen LogP contribution is 2.48. The van der Waals surface area contributed by atoms with Crippen LogP contribution in [0.1, 0.15) is 25.3 Å². The number of carbonyl (C=O) groups is 1. The second-order valence-electron chi connectivity index (χ2n) is 3.76. The molecule has 0 heterocycles.